The van der Waals surface area contributed by atoms with Crippen molar-refractivity contribution in [2.75, 3.05) is 24.6 Å². The second-order valence-corrected chi connectivity index (χ2v) is 8.04. The average Bonchev–Trinajstić information content (AvgIpc) is 2.69. The number of halogens is 2. The molecule has 8 heteroatoms. The van der Waals surface area contributed by atoms with Crippen LogP contribution in [0, 0.1) is 12.8 Å². The zero-order valence-corrected chi connectivity index (χ0v) is 17.3. The average molecular weight is 426 g/mol. The molecule has 6 nitrogen and oxygen atoms in total. The Morgan fingerprint density at radius 2 is 2.00 bits per heavy atom. The minimum absolute atomic E-state index is 0.186. The Hall–Kier alpha value is -1.60. The van der Waals surface area contributed by atoms with Crippen LogP contribution in [-0.2, 0) is 0 Å². The molecule has 152 valence electrons. The molecule has 1 fully saturated rings. The maximum atomic E-state index is 12.8. The first-order valence-corrected chi connectivity index (χ1v) is 10.2. The largest absolute Gasteiger partial charge is 0.394 e. The second kappa shape index (κ2) is 9.27. The van der Waals surface area contributed by atoms with Gasteiger partial charge in [0.25, 0.3) is 5.56 Å². The van der Waals surface area contributed by atoms with Gasteiger partial charge in [0.15, 0.2) is 0 Å². The molecule has 1 aromatic carbocycles. The van der Waals surface area contributed by atoms with Crippen LogP contribution in [0.4, 0.5) is 5.82 Å². The molecule has 1 aliphatic rings. The molecule has 0 spiro atoms. The van der Waals surface area contributed by atoms with Gasteiger partial charge in [-0.3, -0.25) is 9.36 Å². The van der Waals surface area contributed by atoms with E-state index in [9.17, 15) is 9.90 Å². The predicted octanol–water partition coefficient (Wildman–Crippen LogP) is 3.20. The van der Waals surface area contributed by atoms with Crippen molar-refractivity contribution < 1.29 is 10.2 Å². The Labute approximate surface area is 174 Å². The van der Waals surface area contributed by atoms with Gasteiger partial charge in [-0.1, -0.05) is 29.3 Å². The van der Waals surface area contributed by atoms with E-state index in [1.165, 1.54) is 4.57 Å². The van der Waals surface area contributed by atoms with Crippen LogP contribution >= 0.6 is 23.2 Å². The lowest BCUT2D eigenvalue weighted by Gasteiger charge is -2.33. The summed E-state index contributed by atoms with van der Waals surface area (Å²) in [4.78, 5) is 19.5. The van der Waals surface area contributed by atoms with Crippen molar-refractivity contribution in [1.29, 1.82) is 0 Å². The maximum Gasteiger partial charge on any atom is 0.260 e. The van der Waals surface area contributed by atoms with E-state index in [1.54, 1.807) is 31.2 Å². The molecular weight excluding hydrogens is 401 g/mol. The molecule has 0 amide bonds. The third-order valence-electron chi connectivity index (χ3n) is 5.30. The number of aliphatic hydroxyl groups is 2. The summed E-state index contributed by atoms with van der Waals surface area (Å²) in [5.74, 6) is 1.75. The second-order valence-electron chi connectivity index (χ2n) is 7.25. The molecular formula is C20H25Cl2N3O3. The zero-order chi connectivity index (χ0) is 20.3. The summed E-state index contributed by atoms with van der Waals surface area (Å²) in [6.07, 6.45) is 2.84. The fraction of sp³-hybridized carbons (Fsp3) is 0.500. The minimum atomic E-state index is -0.631. The summed E-state index contributed by atoms with van der Waals surface area (Å²) in [5, 5.41) is 19.2. The van der Waals surface area contributed by atoms with E-state index in [-0.39, 0.29) is 12.2 Å². The highest BCUT2D eigenvalue weighted by Crippen LogP contribution is 2.29. The summed E-state index contributed by atoms with van der Waals surface area (Å²) >= 11 is 12.4. The quantitative estimate of drug-likeness (QED) is 0.742. The van der Waals surface area contributed by atoms with Crippen molar-refractivity contribution in [1.82, 2.24) is 9.55 Å². The third-order valence-corrected chi connectivity index (χ3v) is 6.11. The third kappa shape index (κ3) is 4.69. The Morgan fingerprint density at radius 1 is 1.29 bits per heavy atom. The number of aromatic nitrogens is 2. The SMILES string of the molecule is Cc1nc(N2CCC(CC[C@@H](O)CO)CC2)cc(=O)n1-c1cccc(Cl)c1Cl. The normalized spacial score (nSPS) is 16.4. The van der Waals surface area contributed by atoms with Gasteiger partial charge < -0.3 is 15.1 Å². The molecule has 1 saturated heterocycles. The number of piperidine rings is 1. The number of hydrogen-bond acceptors (Lipinski definition) is 5. The number of nitrogens with zero attached hydrogens (tertiary/aromatic N) is 3. The van der Waals surface area contributed by atoms with Crippen molar-refractivity contribution in [2.24, 2.45) is 5.92 Å². The highest BCUT2D eigenvalue weighted by Gasteiger charge is 2.22. The fourth-order valence-electron chi connectivity index (χ4n) is 3.67. The molecule has 1 aliphatic heterocycles. The van der Waals surface area contributed by atoms with Gasteiger partial charge in [0.2, 0.25) is 0 Å². The lowest BCUT2D eigenvalue weighted by Crippen LogP contribution is -2.36. The van der Waals surface area contributed by atoms with Gasteiger partial charge in [-0.25, -0.2) is 4.98 Å². The van der Waals surface area contributed by atoms with Crippen LogP contribution in [0.25, 0.3) is 5.69 Å². The number of rotatable bonds is 6. The van der Waals surface area contributed by atoms with Gasteiger partial charge in [-0.2, -0.15) is 0 Å². The first-order chi connectivity index (χ1) is 13.4. The van der Waals surface area contributed by atoms with Crippen LogP contribution in [0.1, 0.15) is 31.5 Å². The van der Waals surface area contributed by atoms with E-state index in [0.717, 1.165) is 32.4 Å². The van der Waals surface area contributed by atoms with Crippen LogP contribution in [0.5, 0.6) is 0 Å². The van der Waals surface area contributed by atoms with Crippen LogP contribution in [0.15, 0.2) is 29.1 Å². The van der Waals surface area contributed by atoms with Crippen molar-refractivity contribution >= 4 is 29.0 Å². The summed E-state index contributed by atoms with van der Waals surface area (Å²) in [6, 6.07) is 6.72. The van der Waals surface area contributed by atoms with E-state index in [0.29, 0.717) is 39.7 Å². The first-order valence-electron chi connectivity index (χ1n) is 9.49. The highest BCUT2D eigenvalue weighted by molar-refractivity contribution is 6.43. The maximum absolute atomic E-state index is 12.8. The Kier molecular flexibility index (Phi) is 6.99. The molecule has 0 bridgehead atoms. The number of aryl methyl sites for hydroxylation is 1. The van der Waals surface area contributed by atoms with Crippen LogP contribution in [0.3, 0.4) is 0 Å². The minimum Gasteiger partial charge on any atom is -0.394 e. The highest BCUT2D eigenvalue weighted by atomic mass is 35.5. The summed E-state index contributed by atoms with van der Waals surface area (Å²) < 4.78 is 1.47. The monoisotopic (exact) mass is 425 g/mol. The van der Waals surface area contributed by atoms with E-state index >= 15 is 0 Å². The van der Waals surface area contributed by atoms with E-state index < -0.39 is 6.10 Å². The van der Waals surface area contributed by atoms with E-state index in [2.05, 4.69) is 9.88 Å². The van der Waals surface area contributed by atoms with Crippen molar-refractivity contribution in [3.05, 3.63) is 50.5 Å². The van der Waals surface area contributed by atoms with Crippen LogP contribution in [0.2, 0.25) is 10.0 Å². The molecule has 0 radical (unpaired) electrons. The molecule has 28 heavy (non-hydrogen) atoms. The van der Waals surface area contributed by atoms with Crippen molar-refractivity contribution in [3.8, 4) is 5.69 Å². The van der Waals surface area contributed by atoms with Gasteiger partial charge in [-0.15, -0.1) is 0 Å². The molecule has 2 N–H and O–H groups in total. The Bertz CT molecular complexity index is 879. The van der Waals surface area contributed by atoms with E-state index in [4.69, 9.17) is 28.3 Å². The molecule has 0 unspecified atom stereocenters. The molecule has 0 saturated carbocycles. The first kappa shape index (κ1) is 21.1. The lowest BCUT2D eigenvalue weighted by atomic mass is 9.91. The number of benzene rings is 1. The van der Waals surface area contributed by atoms with Crippen LogP contribution in [-0.4, -0.2) is 45.6 Å². The Morgan fingerprint density at radius 3 is 2.64 bits per heavy atom. The van der Waals surface area contributed by atoms with Crippen molar-refractivity contribution in [3.63, 3.8) is 0 Å². The topological polar surface area (TPSA) is 78.6 Å². The molecule has 1 aromatic heterocycles. The molecule has 3 rings (SSSR count). The molecule has 0 aliphatic carbocycles. The van der Waals surface area contributed by atoms with Gasteiger partial charge >= 0.3 is 0 Å². The molecule has 2 aromatic rings. The van der Waals surface area contributed by atoms with Gasteiger partial charge in [-0.05, 0) is 50.7 Å². The predicted molar refractivity (Wildman–Crippen MR) is 112 cm³/mol. The summed E-state index contributed by atoms with van der Waals surface area (Å²) in [5.41, 5.74) is 0.330. The standard InChI is InChI=1S/C20H25Cl2N3O3/c1-13-23-18(24-9-7-14(8-10-24)5-6-15(27)12-26)11-19(28)25(13)17-4-2-3-16(21)20(17)22/h2-4,11,14-15,26-27H,5-10,12H2,1H3/t15-/m1/s1. The number of anilines is 1. The van der Waals surface area contributed by atoms with E-state index in [1.807, 2.05) is 0 Å². The number of aliphatic hydroxyl groups excluding tert-OH is 2. The van der Waals surface area contributed by atoms with Gasteiger partial charge in [0.05, 0.1) is 28.4 Å². The number of hydrogen-bond donors (Lipinski definition) is 2. The summed E-state index contributed by atoms with van der Waals surface area (Å²) in [6.45, 7) is 3.22. The van der Waals surface area contributed by atoms with Gasteiger partial charge in [0.1, 0.15) is 11.6 Å². The molecule has 1 atom stereocenters. The van der Waals surface area contributed by atoms with Gasteiger partial charge in [0, 0.05) is 19.2 Å². The lowest BCUT2D eigenvalue weighted by molar-refractivity contribution is 0.0812. The fourth-order valence-corrected chi connectivity index (χ4v) is 4.05. The Balaban J connectivity index is 1.74. The van der Waals surface area contributed by atoms with Crippen molar-refractivity contribution in [2.45, 2.75) is 38.7 Å². The molecule has 2 heterocycles. The zero-order valence-electron chi connectivity index (χ0n) is 15.8. The van der Waals surface area contributed by atoms with Crippen LogP contribution < -0.4 is 10.5 Å². The summed E-state index contributed by atoms with van der Waals surface area (Å²) in [7, 11) is 0. The smallest absolute Gasteiger partial charge is 0.260 e.